The Morgan fingerprint density at radius 1 is 1.48 bits per heavy atom. The molecule has 0 aliphatic rings. The van der Waals surface area contributed by atoms with Crippen molar-refractivity contribution in [2.75, 3.05) is 18.5 Å². The molecule has 0 saturated heterocycles. The molecule has 1 heterocycles. The molecule has 0 radical (unpaired) electrons. The molecule has 1 unspecified atom stereocenters. The minimum atomic E-state index is -1.17. The van der Waals surface area contributed by atoms with E-state index in [1.54, 1.807) is 6.07 Å². The monoisotopic (exact) mass is 492 g/mol. The number of nitrogens with zero attached hydrogens (tertiary/aromatic N) is 2. The van der Waals surface area contributed by atoms with E-state index in [2.05, 4.69) is 15.9 Å². The summed E-state index contributed by atoms with van der Waals surface area (Å²) in [4.78, 5) is 29.4. The lowest BCUT2D eigenvalue weighted by atomic mass is 10.2. The average molecular weight is 492 g/mol. The zero-order valence-corrected chi connectivity index (χ0v) is 16.7. The number of rotatable bonds is 7. The van der Waals surface area contributed by atoms with Gasteiger partial charge in [-0.1, -0.05) is 0 Å². The topological polar surface area (TPSA) is 126 Å². The summed E-state index contributed by atoms with van der Waals surface area (Å²) < 4.78 is 15.8. The summed E-state index contributed by atoms with van der Waals surface area (Å²) in [5.41, 5.74) is 1.66. The van der Waals surface area contributed by atoms with Gasteiger partial charge in [0.15, 0.2) is 5.69 Å². The number of hydrogen-bond acceptors (Lipinski definition) is 7. The summed E-state index contributed by atoms with van der Waals surface area (Å²) in [5, 5.41) is 24.6. The maximum atomic E-state index is 14.2. The predicted molar refractivity (Wildman–Crippen MR) is 103 cm³/mol. The van der Waals surface area contributed by atoms with Crippen molar-refractivity contribution in [3.05, 3.63) is 49.2 Å². The van der Waals surface area contributed by atoms with E-state index in [4.69, 9.17) is 9.94 Å². The lowest BCUT2D eigenvalue weighted by Gasteiger charge is -2.16. The van der Waals surface area contributed by atoms with Crippen LogP contribution >= 0.6 is 22.6 Å². The maximum absolute atomic E-state index is 14.2. The Labute approximate surface area is 167 Å². The number of nitrogens with one attached hydrogen (secondary N) is 2. The summed E-state index contributed by atoms with van der Waals surface area (Å²) in [6.45, 7) is 0.595. The number of hydroxylamine groups is 1. The molecule has 0 aliphatic heterocycles. The lowest BCUT2D eigenvalue weighted by Crippen LogP contribution is -2.34. The predicted octanol–water partition coefficient (Wildman–Crippen LogP) is 0.591. The summed E-state index contributed by atoms with van der Waals surface area (Å²) in [5.74, 6) is -1.37. The number of carbonyl (C=O) groups is 1. The first-order valence-corrected chi connectivity index (χ1v) is 8.83. The molecule has 146 valence electrons. The molecule has 4 N–H and O–H groups in total. The van der Waals surface area contributed by atoms with Crippen molar-refractivity contribution in [3.63, 3.8) is 0 Å². The highest BCUT2D eigenvalue weighted by molar-refractivity contribution is 14.1. The molecule has 1 aromatic carbocycles. The summed E-state index contributed by atoms with van der Waals surface area (Å²) in [6.07, 6.45) is -1.17. The van der Waals surface area contributed by atoms with Gasteiger partial charge in [-0.2, -0.15) is 5.10 Å². The Hall–Kier alpha value is -2.09. The van der Waals surface area contributed by atoms with Crippen LogP contribution in [0.1, 0.15) is 16.1 Å². The van der Waals surface area contributed by atoms with Gasteiger partial charge >= 0.3 is 0 Å². The summed E-state index contributed by atoms with van der Waals surface area (Å²) in [7, 11) is 1.37. The largest absolute Gasteiger partial charge is 0.394 e. The van der Waals surface area contributed by atoms with Crippen LogP contribution in [0.3, 0.4) is 0 Å². The van der Waals surface area contributed by atoms with Crippen LogP contribution in [-0.4, -0.2) is 45.2 Å². The van der Waals surface area contributed by atoms with Crippen molar-refractivity contribution in [1.82, 2.24) is 15.3 Å². The third-order valence-corrected chi connectivity index (χ3v) is 4.20. The smallest absolute Gasteiger partial charge is 0.297 e. The molecule has 11 heteroatoms. The summed E-state index contributed by atoms with van der Waals surface area (Å²) >= 11 is 1.96. The standard InChI is InChI=1S/C16H18FIN4O5/c1-8-13(19-12-4-3-9(18)5-11(12)17)14(20-22(2)16(8)26)15(25)21-27-7-10(24)6-23/h3-5,10,19,23-24H,6-7H2,1-2H3,(H,21,25). The van der Waals surface area contributed by atoms with Crippen molar-refractivity contribution < 1.29 is 24.2 Å². The van der Waals surface area contributed by atoms with Crippen LogP contribution in [-0.2, 0) is 11.9 Å². The van der Waals surface area contributed by atoms with Crippen molar-refractivity contribution in [2.24, 2.45) is 7.05 Å². The Bertz CT molecular complexity index is 905. The van der Waals surface area contributed by atoms with E-state index in [-0.39, 0.29) is 29.2 Å². The molecule has 2 rings (SSSR count). The van der Waals surface area contributed by atoms with Gasteiger partial charge in [0.05, 0.1) is 18.0 Å². The van der Waals surface area contributed by atoms with Gasteiger partial charge in [-0.25, -0.2) is 14.6 Å². The van der Waals surface area contributed by atoms with Crippen LogP contribution in [0.4, 0.5) is 15.8 Å². The van der Waals surface area contributed by atoms with Crippen LogP contribution in [0.5, 0.6) is 0 Å². The first kappa shape index (κ1) is 21.2. The minimum Gasteiger partial charge on any atom is -0.394 e. The zero-order valence-electron chi connectivity index (χ0n) is 14.5. The molecule has 1 amide bonds. The number of benzene rings is 1. The molecule has 0 aliphatic carbocycles. The number of hydrogen-bond donors (Lipinski definition) is 4. The highest BCUT2D eigenvalue weighted by Crippen LogP contribution is 2.25. The van der Waals surface area contributed by atoms with E-state index >= 15 is 0 Å². The number of aliphatic hydroxyl groups excluding tert-OH is 2. The third-order valence-electron chi connectivity index (χ3n) is 3.53. The SMILES string of the molecule is Cc1c(Nc2ccc(I)cc2F)c(C(=O)NOCC(O)CO)nn(C)c1=O. The van der Waals surface area contributed by atoms with Crippen molar-refractivity contribution in [3.8, 4) is 0 Å². The summed E-state index contributed by atoms with van der Waals surface area (Å²) in [6, 6.07) is 4.44. The minimum absolute atomic E-state index is 0.0296. The molecular weight excluding hydrogens is 474 g/mol. The number of halogens is 2. The van der Waals surface area contributed by atoms with Crippen molar-refractivity contribution >= 4 is 39.9 Å². The van der Waals surface area contributed by atoms with Gasteiger partial charge in [0.25, 0.3) is 11.5 Å². The molecule has 9 nitrogen and oxygen atoms in total. The fraction of sp³-hybridized carbons (Fsp3) is 0.312. The number of amides is 1. The van der Waals surface area contributed by atoms with E-state index in [0.717, 1.165) is 4.68 Å². The van der Waals surface area contributed by atoms with Gasteiger partial charge in [-0.3, -0.25) is 14.4 Å². The normalized spacial score (nSPS) is 11.9. The van der Waals surface area contributed by atoms with Gasteiger partial charge < -0.3 is 15.5 Å². The van der Waals surface area contributed by atoms with E-state index in [1.165, 1.54) is 26.1 Å². The van der Waals surface area contributed by atoms with E-state index in [9.17, 15) is 19.1 Å². The molecule has 0 saturated carbocycles. The zero-order chi connectivity index (χ0) is 20.1. The second-order valence-electron chi connectivity index (χ2n) is 5.61. The van der Waals surface area contributed by atoms with Crippen LogP contribution < -0.4 is 16.4 Å². The fourth-order valence-electron chi connectivity index (χ4n) is 2.11. The second kappa shape index (κ2) is 9.21. The Morgan fingerprint density at radius 3 is 2.81 bits per heavy atom. The first-order valence-electron chi connectivity index (χ1n) is 7.75. The average Bonchev–Trinajstić information content (AvgIpc) is 2.63. The number of carbonyl (C=O) groups excluding carboxylic acids is 1. The Balaban J connectivity index is 2.36. The van der Waals surface area contributed by atoms with Gasteiger partial charge in [-0.15, -0.1) is 0 Å². The quantitative estimate of drug-likeness (QED) is 0.330. The number of aryl methyl sites for hydroxylation is 1. The fourth-order valence-corrected chi connectivity index (χ4v) is 2.57. The van der Waals surface area contributed by atoms with Gasteiger partial charge in [-0.05, 0) is 47.7 Å². The lowest BCUT2D eigenvalue weighted by molar-refractivity contribution is -0.0297. The van der Waals surface area contributed by atoms with Crippen molar-refractivity contribution in [2.45, 2.75) is 13.0 Å². The molecule has 2 aromatic rings. The number of aliphatic hydroxyl groups is 2. The van der Waals surface area contributed by atoms with E-state index < -0.39 is 30.0 Å². The van der Waals surface area contributed by atoms with E-state index in [0.29, 0.717) is 3.57 Å². The highest BCUT2D eigenvalue weighted by atomic mass is 127. The number of anilines is 2. The maximum Gasteiger partial charge on any atom is 0.297 e. The molecule has 1 aromatic heterocycles. The van der Waals surface area contributed by atoms with Crippen LogP contribution in [0.15, 0.2) is 23.0 Å². The van der Waals surface area contributed by atoms with Gasteiger partial charge in [0, 0.05) is 16.2 Å². The molecule has 0 bridgehead atoms. The number of aromatic nitrogens is 2. The molecule has 27 heavy (non-hydrogen) atoms. The van der Waals surface area contributed by atoms with Crippen LogP contribution in [0.2, 0.25) is 0 Å². The van der Waals surface area contributed by atoms with Crippen molar-refractivity contribution in [1.29, 1.82) is 0 Å². The van der Waals surface area contributed by atoms with Crippen LogP contribution in [0.25, 0.3) is 0 Å². The Morgan fingerprint density at radius 2 is 2.19 bits per heavy atom. The van der Waals surface area contributed by atoms with Crippen LogP contribution in [0, 0.1) is 16.3 Å². The first-order chi connectivity index (χ1) is 12.7. The van der Waals surface area contributed by atoms with E-state index in [1.807, 2.05) is 22.6 Å². The van der Waals surface area contributed by atoms with Gasteiger partial charge in [0.2, 0.25) is 0 Å². The molecular formula is C16H18FIN4O5. The Kier molecular flexibility index (Phi) is 7.24. The molecule has 0 spiro atoms. The molecule has 1 atom stereocenters. The van der Waals surface area contributed by atoms with Gasteiger partial charge in [0.1, 0.15) is 18.5 Å². The molecule has 0 fully saturated rings. The third kappa shape index (κ3) is 5.22. The second-order valence-corrected chi connectivity index (χ2v) is 6.85. The highest BCUT2D eigenvalue weighted by Gasteiger charge is 2.21.